The van der Waals surface area contributed by atoms with Gasteiger partial charge in [0.2, 0.25) is 0 Å². The van der Waals surface area contributed by atoms with Gasteiger partial charge in [-0.15, -0.1) is 0 Å². The summed E-state index contributed by atoms with van der Waals surface area (Å²) in [5, 5.41) is 28.0. The quantitative estimate of drug-likeness (QED) is 0.254. The molecule has 1 rings (SSSR count). The summed E-state index contributed by atoms with van der Waals surface area (Å²) in [4.78, 5) is 25.6. The van der Waals surface area contributed by atoms with Crippen molar-refractivity contribution in [1.82, 2.24) is 0 Å². The monoisotopic (exact) mass is 260 g/mol. The minimum absolute atomic E-state index is 0.612. The lowest BCUT2D eigenvalue weighted by Crippen LogP contribution is -2.61. The van der Waals surface area contributed by atoms with Crippen molar-refractivity contribution in [3.63, 3.8) is 0 Å². The van der Waals surface area contributed by atoms with Crippen LogP contribution < -0.4 is 5.73 Å². The second kappa shape index (κ2) is 5.15. The molecule has 0 bridgehead atoms. The molecule has 1 aliphatic heterocycles. The van der Waals surface area contributed by atoms with Crippen molar-refractivity contribution in [3.05, 3.63) is 0 Å². The molecule has 96 valence electrons. The lowest BCUT2D eigenvalue weighted by atomic mass is 9.98. The van der Waals surface area contributed by atoms with Gasteiger partial charge in [-0.2, -0.15) is 19.2 Å². The van der Waals surface area contributed by atoms with Gasteiger partial charge in [0.25, 0.3) is 0 Å². The van der Waals surface area contributed by atoms with E-state index < -0.39 is 45.4 Å². The Morgan fingerprint density at radius 2 is 1.69 bits per heavy atom. The summed E-state index contributed by atoms with van der Waals surface area (Å²) < 4.78 is 8.96. The average molecular weight is 260 g/mol. The van der Waals surface area contributed by atoms with Crippen molar-refractivity contribution in [3.8, 4) is 0 Å². The molecule has 5 atom stereocenters. The van der Waals surface area contributed by atoms with Crippen LogP contribution in [0.2, 0.25) is 0 Å². The fourth-order valence-corrected chi connectivity index (χ4v) is 1.62. The number of hydrogen-bond donors (Lipinski definition) is 7. The molecule has 8 N–H and O–H groups in total. The highest BCUT2D eigenvalue weighted by Gasteiger charge is 2.44. The van der Waals surface area contributed by atoms with Gasteiger partial charge in [-0.1, -0.05) is 0 Å². The molecule has 0 aromatic rings. The van der Waals surface area contributed by atoms with Crippen molar-refractivity contribution in [1.29, 1.82) is 0 Å². The molecule has 1 saturated heterocycles. The first-order valence-electron chi connectivity index (χ1n) is 4.39. The zero-order chi connectivity index (χ0) is 12.5. The van der Waals surface area contributed by atoms with Crippen molar-refractivity contribution in [2.45, 2.75) is 30.6 Å². The van der Waals surface area contributed by atoms with E-state index in [4.69, 9.17) is 25.2 Å². The van der Waals surface area contributed by atoms with E-state index in [0.717, 1.165) is 0 Å². The number of nitrogens with two attached hydrogens (primary N) is 1. The molecule has 9 nitrogen and oxygen atoms in total. The fourth-order valence-electron chi connectivity index (χ4n) is 1.28. The molecule has 0 aliphatic carbocycles. The van der Waals surface area contributed by atoms with Crippen molar-refractivity contribution < 1.29 is 39.3 Å². The molecule has 1 fully saturated rings. The molecule has 0 saturated carbocycles. The van der Waals surface area contributed by atoms with Gasteiger partial charge >= 0.3 is 8.17 Å². The van der Waals surface area contributed by atoms with Crippen LogP contribution in [0.4, 0.5) is 0 Å². The van der Waals surface area contributed by atoms with Crippen LogP contribution in [0.3, 0.4) is 0 Å². The van der Waals surface area contributed by atoms with Crippen LogP contribution in [0.25, 0.3) is 0 Å². The highest BCUT2D eigenvalue weighted by atomic mass is 31.2. The topological polar surface area (TPSA) is 166 Å². The minimum atomic E-state index is -4.45. The Bertz CT molecular complexity index is 235. The largest absolute Gasteiger partial charge is 0.567 e. The Kier molecular flexibility index (Phi) is 4.55. The van der Waals surface area contributed by atoms with E-state index in [9.17, 15) is 15.3 Å². The third-order valence-electron chi connectivity index (χ3n) is 2.18. The van der Waals surface area contributed by atoms with Gasteiger partial charge in [-0.25, -0.2) is 0 Å². The number of rotatable bonds is 3. The maximum Gasteiger partial charge on any atom is 0.567 e. The van der Waals surface area contributed by atoms with Gasteiger partial charge in [0.1, 0.15) is 24.9 Å². The average Bonchev–Trinajstić information content (AvgIpc) is 2.17. The van der Waals surface area contributed by atoms with E-state index in [2.05, 4.69) is 4.52 Å². The summed E-state index contributed by atoms with van der Waals surface area (Å²) in [6, 6.07) is -1.18. The molecule has 10 heteroatoms. The van der Waals surface area contributed by atoms with E-state index >= 15 is 0 Å². The second-order valence-corrected chi connectivity index (χ2v) is 4.72. The second-order valence-electron chi connectivity index (χ2n) is 3.43. The van der Waals surface area contributed by atoms with Crippen LogP contribution in [0.15, 0.2) is 0 Å². The molecule has 0 aromatic heterocycles. The maximum absolute atomic E-state index is 9.44. The van der Waals surface area contributed by atoms with Crippen LogP contribution in [0.5, 0.6) is 0 Å². The van der Waals surface area contributed by atoms with E-state index in [1.54, 1.807) is 0 Å². The minimum Gasteiger partial charge on any atom is -0.388 e. The number of ether oxygens (including phenoxy) is 1. The zero-order valence-electron chi connectivity index (χ0n) is 8.12. The van der Waals surface area contributed by atoms with Crippen LogP contribution in [-0.2, 0) is 9.26 Å². The zero-order valence-corrected chi connectivity index (χ0v) is 9.01. The van der Waals surface area contributed by atoms with Crippen LogP contribution in [0, 0.1) is 0 Å². The molecule has 0 aromatic carbocycles. The SMILES string of the molecule is N[C@H]1C(O)O[C@H](CO[P+](O)(O)O)[C@@H](O)[C@@H]1O. The first-order chi connectivity index (χ1) is 7.22. The van der Waals surface area contributed by atoms with Gasteiger partial charge in [0, 0.05) is 0 Å². The predicted molar refractivity (Wildman–Crippen MR) is 50.4 cm³/mol. The summed E-state index contributed by atoms with van der Waals surface area (Å²) in [5.41, 5.74) is 5.29. The smallest absolute Gasteiger partial charge is 0.388 e. The standard InChI is InChI=1S/C6H15NO8P/c7-3-5(9)4(8)2(15-6(3)10)1-14-16(11,12)13/h2-6,8-13H,1,7H2/q+1/t2-,3-,4-,5-,6?/m1/s1. The van der Waals surface area contributed by atoms with E-state index in [1.807, 2.05) is 0 Å². The molecule has 1 unspecified atom stereocenters. The van der Waals surface area contributed by atoms with Gasteiger partial charge < -0.3 is 25.8 Å². The van der Waals surface area contributed by atoms with Crippen LogP contribution in [0.1, 0.15) is 0 Å². The Labute approximate surface area is 91.3 Å². The number of hydrogen-bond acceptors (Lipinski definition) is 9. The summed E-state index contributed by atoms with van der Waals surface area (Å²) in [6.45, 7) is -0.612. The highest BCUT2D eigenvalue weighted by Crippen LogP contribution is 2.46. The van der Waals surface area contributed by atoms with Crippen LogP contribution in [-0.4, -0.2) is 67.3 Å². The molecule has 1 heterocycles. The Balaban J connectivity index is 2.54. The first-order valence-corrected chi connectivity index (χ1v) is 5.96. The van der Waals surface area contributed by atoms with Crippen molar-refractivity contribution in [2.24, 2.45) is 5.73 Å². The molecule has 0 radical (unpaired) electrons. The third-order valence-corrected chi connectivity index (χ3v) is 2.68. The fraction of sp³-hybridized carbons (Fsp3) is 1.00. The van der Waals surface area contributed by atoms with Gasteiger partial charge in [-0.05, 0) is 0 Å². The van der Waals surface area contributed by atoms with Crippen LogP contribution >= 0.6 is 8.17 Å². The molecular formula is C6H15NO8P+. The lowest BCUT2D eigenvalue weighted by Gasteiger charge is -2.38. The van der Waals surface area contributed by atoms with E-state index in [-0.39, 0.29) is 0 Å². The van der Waals surface area contributed by atoms with Gasteiger partial charge in [0.05, 0.1) is 6.04 Å². The summed E-state index contributed by atoms with van der Waals surface area (Å²) in [5.74, 6) is 0. The summed E-state index contributed by atoms with van der Waals surface area (Å²) in [7, 11) is -4.45. The lowest BCUT2D eigenvalue weighted by molar-refractivity contribution is -0.248. The van der Waals surface area contributed by atoms with Gasteiger partial charge in [0.15, 0.2) is 6.29 Å². The highest BCUT2D eigenvalue weighted by molar-refractivity contribution is 7.53. The first kappa shape index (κ1) is 14.1. The van der Waals surface area contributed by atoms with Gasteiger partial charge in [-0.3, -0.25) is 0 Å². The van der Waals surface area contributed by atoms with Crippen molar-refractivity contribution >= 4 is 8.17 Å². The summed E-state index contributed by atoms with van der Waals surface area (Å²) >= 11 is 0. The molecular weight excluding hydrogens is 245 g/mol. The van der Waals surface area contributed by atoms with E-state index in [0.29, 0.717) is 0 Å². The van der Waals surface area contributed by atoms with Crippen molar-refractivity contribution in [2.75, 3.05) is 6.61 Å². The normalized spacial score (nSPS) is 41.1. The predicted octanol–water partition coefficient (Wildman–Crippen LogP) is -3.58. The number of aliphatic hydroxyl groups is 3. The Hall–Kier alpha value is 0.0700. The third kappa shape index (κ3) is 3.54. The maximum atomic E-state index is 9.44. The Morgan fingerprint density at radius 1 is 1.12 bits per heavy atom. The van der Waals surface area contributed by atoms with E-state index in [1.165, 1.54) is 0 Å². The summed E-state index contributed by atoms with van der Waals surface area (Å²) in [6.07, 6.45) is -5.66. The number of aliphatic hydroxyl groups excluding tert-OH is 3. The molecule has 1 aliphatic rings. The molecule has 16 heavy (non-hydrogen) atoms. The molecule has 0 spiro atoms. The Morgan fingerprint density at radius 3 is 2.19 bits per heavy atom. The molecule has 0 amide bonds.